The molecule has 0 rings (SSSR count). The summed E-state index contributed by atoms with van der Waals surface area (Å²) in [5, 5.41) is 17.9. The third kappa shape index (κ3) is 80.9. The number of nitrogens with zero attached hydrogens (tertiary/aromatic N) is 4. The van der Waals surface area contributed by atoms with Gasteiger partial charge in [0.05, 0.1) is 60.3 Å². The largest absolute Gasteiger partial charge is 0.466 e. The molecular formula is C80H159Br2N4O12+. The number of quaternary nitrogens is 1. The molecule has 2 amide bonds. The first-order chi connectivity index (χ1) is 47.1. The van der Waals surface area contributed by atoms with Crippen molar-refractivity contribution < 1.29 is 62.4 Å². The van der Waals surface area contributed by atoms with Crippen molar-refractivity contribution in [3.05, 3.63) is 0 Å². The fourth-order valence-electron chi connectivity index (χ4n) is 11.7. The lowest BCUT2D eigenvalue weighted by Gasteiger charge is -2.31. The first-order valence-electron chi connectivity index (χ1n) is 40.5. The Morgan fingerprint density at radius 3 is 0.724 bits per heavy atom. The van der Waals surface area contributed by atoms with Gasteiger partial charge in [0.25, 0.3) is 5.91 Å². The second kappa shape index (κ2) is 81.9. The van der Waals surface area contributed by atoms with Gasteiger partial charge >= 0.3 is 23.9 Å². The predicted octanol–water partition coefficient (Wildman–Crippen LogP) is 19.7. The molecule has 0 aromatic heterocycles. The molecule has 0 fully saturated rings. The van der Waals surface area contributed by atoms with Gasteiger partial charge in [0.2, 0.25) is 5.91 Å². The fourth-order valence-corrected chi connectivity index (χ4v) is 11.7. The van der Waals surface area contributed by atoms with E-state index in [1.54, 1.807) is 9.80 Å². The molecule has 98 heavy (non-hydrogen) atoms. The average Bonchev–Trinajstić information content (AvgIpc) is 0.908. The van der Waals surface area contributed by atoms with E-state index in [2.05, 4.69) is 43.6 Å². The van der Waals surface area contributed by atoms with Crippen molar-refractivity contribution in [3.63, 3.8) is 0 Å². The number of hydrogen-bond acceptors (Lipinski definition) is 13. The maximum atomic E-state index is 13.2. The van der Waals surface area contributed by atoms with E-state index in [4.69, 9.17) is 24.1 Å². The molecule has 0 aromatic carbocycles. The van der Waals surface area contributed by atoms with Crippen LogP contribution in [-0.2, 0) is 47.7 Å². The van der Waals surface area contributed by atoms with Crippen LogP contribution in [0.1, 0.15) is 362 Å². The van der Waals surface area contributed by atoms with Gasteiger partial charge in [0.15, 0.2) is 6.54 Å². The monoisotopic (exact) mass is 1530 g/mol. The normalized spacial score (nSPS) is 11.1. The number of rotatable bonds is 71. The summed E-state index contributed by atoms with van der Waals surface area (Å²) in [7, 11) is 7.62. The van der Waals surface area contributed by atoms with Crippen molar-refractivity contribution in [1.82, 2.24) is 14.7 Å². The highest BCUT2D eigenvalue weighted by atomic mass is 79.9. The van der Waals surface area contributed by atoms with E-state index in [9.17, 15) is 33.9 Å². The van der Waals surface area contributed by atoms with E-state index in [0.717, 1.165) is 51.4 Å². The maximum Gasteiger partial charge on any atom is 0.305 e. The number of esters is 4. The minimum Gasteiger partial charge on any atom is -0.466 e. The number of aliphatic hydroxyl groups excluding tert-OH is 2. The summed E-state index contributed by atoms with van der Waals surface area (Å²) >= 11 is 3.00. The Hall–Kier alpha value is -2.38. The summed E-state index contributed by atoms with van der Waals surface area (Å²) in [4.78, 5) is 80.1. The van der Waals surface area contributed by atoms with Gasteiger partial charge in [-0.15, -0.1) is 17.0 Å². The van der Waals surface area contributed by atoms with Crippen molar-refractivity contribution in [2.45, 2.75) is 362 Å². The molecule has 0 bridgehead atoms. The van der Waals surface area contributed by atoms with Crippen LogP contribution in [0.15, 0.2) is 0 Å². The van der Waals surface area contributed by atoms with Crippen LogP contribution in [0.3, 0.4) is 0 Å². The highest BCUT2D eigenvalue weighted by molar-refractivity contribution is 9.09. The second-order valence-electron chi connectivity index (χ2n) is 28.4. The van der Waals surface area contributed by atoms with Gasteiger partial charge in [0, 0.05) is 57.2 Å². The molecule has 0 aliphatic rings. The Morgan fingerprint density at radius 1 is 0.327 bits per heavy atom. The quantitative estimate of drug-likeness (QED) is 0.0193. The van der Waals surface area contributed by atoms with Crippen LogP contribution in [-0.4, -0.2) is 184 Å². The van der Waals surface area contributed by atoms with E-state index in [1.165, 1.54) is 231 Å². The van der Waals surface area contributed by atoms with E-state index < -0.39 is 0 Å². The van der Waals surface area contributed by atoms with Crippen molar-refractivity contribution in [2.24, 2.45) is 0 Å². The fraction of sp³-hybridized carbons (Fsp3) is 0.925. The SMILES string of the molecule is Br.CCCCCCCCCCCCCC(=O)OCCCN(CCCOC(=O)CCCCCCCCCCCCC)C(=O)CN(C)C.CCCCCCCCCCCCCC(=O)OCCCN(CCCOC(=O)CCCCCCCCCCCCC)C(=O)C[N+](C)(C)CCO.OCCBr. The molecule has 0 unspecified atom stereocenters. The summed E-state index contributed by atoms with van der Waals surface area (Å²) in [5.74, 6) is -0.556. The molecule has 0 heterocycles. The predicted molar refractivity (Wildman–Crippen MR) is 418 cm³/mol. The van der Waals surface area contributed by atoms with Crippen LogP contribution in [0, 0.1) is 0 Å². The molecule has 0 radical (unpaired) electrons. The molecule has 0 saturated carbocycles. The number of alkyl halides is 1. The molecule has 0 atom stereocenters. The second-order valence-corrected chi connectivity index (χ2v) is 29.2. The summed E-state index contributed by atoms with van der Waals surface area (Å²) in [6.45, 7) is 13.6. The lowest BCUT2D eigenvalue weighted by molar-refractivity contribution is -0.883. The van der Waals surface area contributed by atoms with Crippen molar-refractivity contribution in [1.29, 1.82) is 0 Å². The van der Waals surface area contributed by atoms with E-state index >= 15 is 0 Å². The van der Waals surface area contributed by atoms with Gasteiger partial charge in [-0.2, -0.15) is 0 Å². The molecule has 584 valence electrons. The van der Waals surface area contributed by atoms with Crippen LogP contribution in [0.2, 0.25) is 0 Å². The zero-order valence-electron chi connectivity index (χ0n) is 65.2. The Bertz CT molecular complexity index is 1640. The lowest BCUT2D eigenvalue weighted by Crippen LogP contribution is -2.50. The number of carbonyl (C=O) groups is 6. The zero-order chi connectivity index (χ0) is 72.2. The molecule has 16 nitrogen and oxygen atoms in total. The molecule has 0 aliphatic heterocycles. The Balaban J connectivity index is -0.000000847. The maximum absolute atomic E-state index is 13.2. The van der Waals surface area contributed by atoms with E-state index in [0.29, 0.717) is 127 Å². The summed E-state index contributed by atoms with van der Waals surface area (Å²) in [6, 6.07) is 0. The van der Waals surface area contributed by atoms with Crippen LogP contribution in [0.4, 0.5) is 0 Å². The van der Waals surface area contributed by atoms with Crippen LogP contribution in [0.25, 0.3) is 0 Å². The number of aliphatic hydroxyl groups is 2. The molecule has 18 heteroatoms. The summed E-state index contributed by atoms with van der Waals surface area (Å²) in [6.07, 6.45) is 59.4. The van der Waals surface area contributed by atoms with Gasteiger partial charge in [0.1, 0.15) is 6.54 Å². The first kappa shape index (κ1) is 102. The molecular weight excluding hydrogens is 1370 g/mol. The third-order valence-corrected chi connectivity index (χ3v) is 18.1. The van der Waals surface area contributed by atoms with Gasteiger partial charge in [-0.1, -0.05) is 300 Å². The highest BCUT2D eigenvalue weighted by Crippen LogP contribution is 2.17. The number of ether oxygens (including phenoxy) is 4. The minimum atomic E-state index is -0.158. The number of unbranched alkanes of at least 4 members (excludes halogenated alkanes) is 40. The standard InChI is InChI=1S/C40H79N2O6.C38H74N2O5.C2H5BrO.BrH/c1-5-7-9-11-13-15-17-19-21-23-25-29-39(45)47-35-27-31-41(38(44)37-42(3,4)33-34-43)32-28-36-48-40(46)30-26-24-22-20-18-16-14-12-10-8-6-2;1-5-7-9-11-13-15-17-19-21-23-25-29-37(42)44-33-27-31-40(36(41)35-39(3)4)32-28-34-45-38(43)30-26-24-22-20-18-16-14-12-10-8-6-2;3-1-2-4;/h43H,5-37H2,1-4H3;5-35H2,1-4H3;4H,1-2H2;1H/q+1;;;. The minimum absolute atomic E-state index is 0. The molecule has 0 aromatic rings. The van der Waals surface area contributed by atoms with Crippen molar-refractivity contribution in [2.75, 3.05) is 119 Å². The lowest BCUT2D eigenvalue weighted by atomic mass is 10.1. The molecule has 0 aliphatic carbocycles. The van der Waals surface area contributed by atoms with Crippen molar-refractivity contribution >= 4 is 68.6 Å². The number of hydrogen-bond donors (Lipinski definition) is 2. The average molecular weight is 1530 g/mol. The topological polar surface area (TPSA) is 190 Å². The number of halogens is 2. The number of likely N-dealkylation sites (N-methyl/N-ethyl adjacent to an activating group) is 2. The smallest absolute Gasteiger partial charge is 0.305 e. The first-order valence-corrected chi connectivity index (χ1v) is 41.6. The molecule has 0 spiro atoms. The van der Waals surface area contributed by atoms with Crippen LogP contribution < -0.4 is 0 Å². The summed E-state index contributed by atoms with van der Waals surface area (Å²) in [5.41, 5.74) is 0. The van der Waals surface area contributed by atoms with E-state index in [-0.39, 0.29) is 72.4 Å². The Labute approximate surface area is 622 Å². The third-order valence-electron chi connectivity index (χ3n) is 17.8. The van der Waals surface area contributed by atoms with Crippen LogP contribution >= 0.6 is 32.9 Å². The van der Waals surface area contributed by atoms with Gasteiger partial charge in [-0.3, -0.25) is 28.8 Å². The molecule has 2 N–H and O–H groups in total. The van der Waals surface area contributed by atoms with Gasteiger partial charge < -0.3 is 48.3 Å². The number of amides is 2. The van der Waals surface area contributed by atoms with Gasteiger partial charge in [-0.25, -0.2) is 0 Å². The van der Waals surface area contributed by atoms with E-state index in [1.807, 2.05) is 33.1 Å². The summed E-state index contributed by atoms with van der Waals surface area (Å²) < 4.78 is 22.2. The zero-order valence-corrected chi connectivity index (χ0v) is 68.5. The molecule has 0 saturated heterocycles. The van der Waals surface area contributed by atoms with Gasteiger partial charge in [-0.05, 0) is 65.5 Å². The highest BCUT2D eigenvalue weighted by Gasteiger charge is 2.24. The van der Waals surface area contributed by atoms with Crippen LogP contribution in [0.5, 0.6) is 0 Å². The Morgan fingerprint density at radius 2 is 0.531 bits per heavy atom. The van der Waals surface area contributed by atoms with Crippen molar-refractivity contribution in [3.8, 4) is 0 Å². The Kier molecular flexibility index (Phi) is 85.2. The number of carbonyl (C=O) groups excluding carboxylic acids is 6.